The van der Waals surface area contributed by atoms with Gasteiger partial charge >= 0.3 is 0 Å². The molecule has 2 aliphatic rings. The molecule has 0 aromatic heterocycles. The van der Waals surface area contributed by atoms with Crippen molar-refractivity contribution in [1.29, 1.82) is 0 Å². The summed E-state index contributed by atoms with van der Waals surface area (Å²) in [6.45, 7) is 2.70. The van der Waals surface area contributed by atoms with E-state index >= 15 is 0 Å². The van der Waals surface area contributed by atoms with Crippen LogP contribution >= 0.6 is 0 Å². The van der Waals surface area contributed by atoms with Crippen LogP contribution in [0.2, 0.25) is 0 Å². The monoisotopic (exact) mass is 224 g/mol. The quantitative estimate of drug-likeness (QED) is 0.770. The lowest BCUT2D eigenvalue weighted by molar-refractivity contribution is -0.137. The Bertz CT molecular complexity index is 260. The predicted molar refractivity (Wildman–Crippen MR) is 65.0 cm³/mol. The third kappa shape index (κ3) is 2.10. The van der Waals surface area contributed by atoms with Gasteiger partial charge in [-0.3, -0.25) is 4.79 Å². The minimum absolute atomic E-state index is 0.0348. The van der Waals surface area contributed by atoms with Gasteiger partial charge in [0, 0.05) is 12.1 Å². The summed E-state index contributed by atoms with van der Waals surface area (Å²) in [6, 6.07) is 0. The highest BCUT2D eigenvalue weighted by Gasteiger charge is 2.44. The fraction of sp³-hybridized carbons (Fsp3) is 0.923. The Hall–Kier alpha value is -0.570. The maximum atomic E-state index is 12.3. The molecule has 3 N–H and O–H groups in total. The maximum absolute atomic E-state index is 12.3. The molecular weight excluding hydrogens is 200 g/mol. The average molecular weight is 224 g/mol. The number of amides is 1. The number of carbonyl (C=O) groups excluding carboxylic acids is 1. The van der Waals surface area contributed by atoms with Crippen LogP contribution in [0.3, 0.4) is 0 Å². The fourth-order valence-electron chi connectivity index (χ4n) is 2.99. The van der Waals surface area contributed by atoms with Crippen molar-refractivity contribution < 1.29 is 4.79 Å². The van der Waals surface area contributed by atoms with Gasteiger partial charge in [0.2, 0.25) is 5.91 Å². The molecule has 2 rings (SSSR count). The number of nitrogens with two attached hydrogens (primary N) is 1. The summed E-state index contributed by atoms with van der Waals surface area (Å²) >= 11 is 0. The van der Waals surface area contributed by atoms with Gasteiger partial charge in [-0.2, -0.15) is 0 Å². The van der Waals surface area contributed by atoms with Crippen LogP contribution in [-0.4, -0.2) is 18.0 Å². The van der Waals surface area contributed by atoms with E-state index in [1.54, 1.807) is 0 Å². The van der Waals surface area contributed by atoms with E-state index < -0.39 is 0 Å². The van der Waals surface area contributed by atoms with Crippen molar-refractivity contribution in [3.8, 4) is 0 Å². The molecule has 0 saturated heterocycles. The molecule has 3 nitrogen and oxygen atoms in total. The normalized spacial score (nSPS) is 26.9. The van der Waals surface area contributed by atoms with E-state index in [0.29, 0.717) is 6.54 Å². The van der Waals surface area contributed by atoms with Crippen molar-refractivity contribution in [2.75, 3.05) is 6.54 Å². The molecular formula is C13H24N2O. The van der Waals surface area contributed by atoms with Crippen LogP contribution in [0.15, 0.2) is 0 Å². The second-order valence-corrected chi connectivity index (χ2v) is 5.91. The van der Waals surface area contributed by atoms with Crippen molar-refractivity contribution >= 4 is 5.91 Å². The lowest BCUT2D eigenvalue weighted by atomic mass is 9.67. The first-order valence-corrected chi connectivity index (χ1v) is 6.63. The molecule has 0 atom stereocenters. The first kappa shape index (κ1) is 11.9. The SMILES string of the molecule is CC1(NC(=O)C2(CN)CCC2)CCCCC1. The molecule has 2 fully saturated rings. The first-order valence-electron chi connectivity index (χ1n) is 6.63. The number of nitrogens with one attached hydrogen (secondary N) is 1. The standard InChI is InChI=1S/C13H24N2O/c1-12(6-3-2-4-7-12)15-11(16)13(10-14)8-5-9-13/h2-10,14H2,1H3,(H,15,16). The van der Waals surface area contributed by atoms with E-state index in [4.69, 9.17) is 5.73 Å². The minimum Gasteiger partial charge on any atom is -0.350 e. The van der Waals surface area contributed by atoms with Crippen molar-refractivity contribution in [3.63, 3.8) is 0 Å². The Kier molecular flexibility index (Phi) is 3.24. The van der Waals surface area contributed by atoms with Crippen LogP contribution in [0.1, 0.15) is 58.3 Å². The molecule has 16 heavy (non-hydrogen) atoms. The Balaban J connectivity index is 1.95. The van der Waals surface area contributed by atoms with Crippen LogP contribution in [0.25, 0.3) is 0 Å². The summed E-state index contributed by atoms with van der Waals surface area (Å²) in [5.41, 5.74) is 5.57. The zero-order chi connectivity index (χ0) is 11.6. The van der Waals surface area contributed by atoms with E-state index in [1.807, 2.05) is 0 Å². The summed E-state index contributed by atoms with van der Waals surface area (Å²) in [4.78, 5) is 12.3. The molecule has 0 aromatic rings. The van der Waals surface area contributed by atoms with Gasteiger partial charge in [-0.1, -0.05) is 25.7 Å². The molecule has 92 valence electrons. The molecule has 0 bridgehead atoms. The highest BCUT2D eigenvalue weighted by Crippen LogP contribution is 2.41. The molecule has 0 aliphatic heterocycles. The molecule has 2 saturated carbocycles. The summed E-state index contributed by atoms with van der Waals surface area (Å²) in [6.07, 6.45) is 9.16. The topological polar surface area (TPSA) is 55.1 Å². The highest BCUT2D eigenvalue weighted by atomic mass is 16.2. The van der Waals surface area contributed by atoms with Crippen molar-refractivity contribution in [2.24, 2.45) is 11.1 Å². The first-order chi connectivity index (χ1) is 7.60. The lowest BCUT2D eigenvalue weighted by Crippen LogP contribution is -2.57. The van der Waals surface area contributed by atoms with Gasteiger partial charge in [0.15, 0.2) is 0 Å². The van der Waals surface area contributed by atoms with E-state index in [0.717, 1.165) is 32.1 Å². The maximum Gasteiger partial charge on any atom is 0.227 e. The predicted octanol–water partition coefficient (Wildman–Crippen LogP) is 1.95. The van der Waals surface area contributed by atoms with E-state index in [1.165, 1.54) is 19.3 Å². The summed E-state index contributed by atoms with van der Waals surface area (Å²) < 4.78 is 0. The van der Waals surface area contributed by atoms with E-state index in [2.05, 4.69) is 12.2 Å². The molecule has 0 unspecified atom stereocenters. The van der Waals surface area contributed by atoms with Gasteiger partial charge in [0.25, 0.3) is 0 Å². The lowest BCUT2D eigenvalue weighted by Gasteiger charge is -2.43. The molecule has 2 aliphatic carbocycles. The number of hydrogen-bond acceptors (Lipinski definition) is 2. The summed E-state index contributed by atoms with van der Waals surface area (Å²) in [7, 11) is 0. The Morgan fingerprint density at radius 3 is 2.19 bits per heavy atom. The summed E-state index contributed by atoms with van der Waals surface area (Å²) in [5.74, 6) is 0.214. The third-order valence-electron chi connectivity index (χ3n) is 4.56. The largest absolute Gasteiger partial charge is 0.350 e. The average Bonchev–Trinajstić information content (AvgIpc) is 2.17. The molecule has 3 heteroatoms. The molecule has 1 amide bonds. The van der Waals surface area contributed by atoms with Crippen molar-refractivity contribution in [2.45, 2.75) is 63.8 Å². The van der Waals surface area contributed by atoms with Crippen LogP contribution in [0, 0.1) is 5.41 Å². The van der Waals surface area contributed by atoms with Gasteiger partial charge in [-0.15, -0.1) is 0 Å². The molecule has 0 aromatic carbocycles. The molecule has 0 radical (unpaired) electrons. The van der Waals surface area contributed by atoms with Gasteiger partial charge in [-0.05, 0) is 32.6 Å². The second kappa shape index (κ2) is 4.36. The second-order valence-electron chi connectivity index (χ2n) is 5.91. The number of hydrogen-bond donors (Lipinski definition) is 2. The van der Waals surface area contributed by atoms with Crippen LogP contribution in [0.4, 0.5) is 0 Å². The molecule has 0 spiro atoms. The zero-order valence-electron chi connectivity index (χ0n) is 10.3. The fourth-order valence-corrected chi connectivity index (χ4v) is 2.99. The van der Waals surface area contributed by atoms with Crippen LogP contribution in [0.5, 0.6) is 0 Å². The number of carbonyl (C=O) groups is 1. The van der Waals surface area contributed by atoms with Crippen molar-refractivity contribution in [1.82, 2.24) is 5.32 Å². The van der Waals surface area contributed by atoms with Gasteiger partial charge in [0.1, 0.15) is 0 Å². The van der Waals surface area contributed by atoms with Crippen molar-refractivity contribution in [3.05, 3.63) is 0 Å². The Morgan fingerprint density at radius 1 is 1.12 bits per heavy atom. The van der Waals surface area contributed by atoms with Crippen LogP contribution in [-0.2, 0) is 4.79 Å². The van der Waals surface area contributed by atoms with E-state index in [9.17, 15) is 4.79 Å². The molecule has 0 heterocycles. The third-order valence-corrected chi connectivity index (χ3v) is 4.56. The summed E-state index contributed by atoms with van der Waals surface area (Å²) in [5, 5.41) is 3.27. The van der Waals surface area contributed by atoms with Crippen LogP contribution < -0.4 is 11.1 Å². The van der Waals surface area contributed by atoms with Gasteiger partial charge < -0.3 is 11.1 Å². The van der Waals surface area contributed by atoms with Gasteiger partial charge in [0.05, 0.1) is 5.41 Å². The van der Waals surface area contributed by atoms with E-state index in [-0.39, 0.29) is 16.9 Å². The highest BCUT2D eigenvalue weighted by molar-refractivity contribution is 5.84. The smallest absolute Gasteiger partial charge is 0.227 e. The zero-order valence-corrected chi connectivity index (χ0v) is 10.3. The Labute approximate surface area is 98.2 Å². The Morgan fingerprint density at radius 2 is 1.75 bits per heavy atom. The number of rotatable bonds is 3. The minimum atomic E-state index is -0.222. The van der Waals surface area contributed by atoms with Gasteiger partial charge in [-0.25, -0.2) is 0 Å².